The Kier molecular flexibility index (Phi) is 3.65. The molecule has 0 unspecified atom stereocenters. The number of hydrogen-bond acceptors (Lipinski definition) is 1. The number of hydrogen-bond donors (Lipinski definition) is 0. The molecular formula is C15H23N. The van der Waals surface area contributed by atoms with Crippen LogP contribution in [-0.2, 0) is 13.0 Å². The van der Waals surface area contributed by atoms with E-state index in [4.69, 9.17) is 0 Å². The zero-order valence-electron chi connectivity index (χ0n) is 10.7. The summed E-state index contributed by atoms with van der Waals surface area (Å²) >= 11 is 0. The van der Waals surface area contributed by atoms with Crippen molar-refractivity contribution in [3.63, 3.8) is 0 Å². The Morgan fingerprint density at radius 1 is 1.00 bits per heavy atom. The van der Waals surface area contributed by atoms with Crippen molar-refractivity contribution in [2.24, 2.45) is 0 Å². The summed E-state index contributed by atoms with van der Waals surface area (Å²) in [7, 11) is 0. The summed E-state index contributed by atoms with van der Waals surface area (Å²) in [5.74, 6) is 0. The smallest absolute Gasteiger partial charge is 0.0239 e. The fourth-order valence-electron chi connectivity index (χ4n) is 2.65. The van der Waals surface area contributed by atoms with Crippen molar-refractivity contribution in [1.82, 2.24) is 4.90 Å². The number of likely N-dealkylation sites (tertiary alicyclic amines) is 1. The molecule has 1 aliphatic heterocycles. The van der Waals surface area contributed by atoms with Crippen LogP contribution in [0.15, 0.2) is 24.3 Å². The van der Waals surface area contributed by atoms with Gasteiger partial charge >= 0.3 is 0 Å². The predicted molar refractivity (Wildman–Crippen MR) is 69.5 cm³/mol. The van der Waals surface area contributed by atoms with Crippen molar-refractivity contribution in [2.75, 3.05) is 0 Å². The molecule has 1 aromatic rings. The van der Waals surface area contributed by atoms with Crippen molar-refractivity contribution in [2.45, 2.75) is 58.7 Å². The third-order valence-corrected chi connectivity index (χ3v) is 3.93. The first-order valence-corrected chi connectivity index (χ1v) is 6.54. The highest BCUT2D eigenvalue weighted by molar-refractivity contribution is 5.22. The first kappa shape index (κ1) is 11.7. The van der Waals surface area contributed by atoms with Gasteiger partial charge in [0.15, 0.2) is 0 Å². The molecule has 1 nitrogen and oxygen atoms in total. The second kappa shape index (κ2) is 5.01. The van der Waals surface area contributed by atoms with E-state index in [-0.39, 0.29) is 0 Å². The van der Waals surface area contributed by atoms with Gasteiger partial charge in [-0.2, -0.15) is 0 Å². The molecule has 2 rings (SSSR count). The van der Waals surface area contributed by atoms with E-state index in [1.807, 2.05) is 0 Å². The first-order valence-electron chi connectivity index (χ1n) is 6.54. The van der Waals surface area contributed by atoms with E-state index in [1.54, 1.807) is 0 Å². The Morgan fingerprint density at radius 3 is 2.00 bits per heavy atom. The fraction of sp³-hybridized carbons (Fsp3) is 0.600. The van der Waals surface area contributed by atoms with Gasteiger partial charge in [-0.25, -0.2) is 0 Å². The molecule has 0 spiro atoms. The van der Waals surface area contributed by atoms with Crippen LogP contribution in [0.1, 0.15) is 44.7 Å². The molecule has 2 atom stereocenters. The number of nitrogens with zero attached hydrogens (tertiary/aromatic N) is 1. The summed E-state index contributed by atoms with van der Waals surface area (Å²) in [5.41, 5.74) is 2.89. The summed E-state index contributed by atoms with van der Waals surface area (Å²) in [6.45, 7) is 8.03. The molecule has 0 bridgehead atoms. The zero-order chi connectivity index (χ0) is 11.5. The van der Waals surface area contributed by atoms with Gasteiger partial charge in [0.2, 0.25) is 0 Å². The summed E-state index contributed by atoms with van der Waals surface area (Å²) in [6, 6.07) is 10.6. The molecule has 1 heterocycles. The lowest BCUT2D eigenvalue weighted by atomic mass is 10.1. The van der Waals surface area contributed by atoms with Crippen LogP contribution in [-0.4, -0.2) is 17.0 Å². The highest BCUT2D eigenvalue weighted by Gasteiger charge is 2.26. The second-order valence-corrected chi connectivity index (χ2v) is 5.12. The van der Waals surface area contributed by atoms with Gasteiger partial charge in [0.05, 0.1) is 0 Å². The van der Waals surface area contributed by atoms with E-state index in [2.05, 4.69) is 49.9 Å². The van der Waals surface area contributed by atoms with Crippen LogP contribution in [0.3, 0.4) is 0 Å². The van der Waals surface area contributed by atoms with Gasteiger partial charge in [-0.15, -0.1) is 0 Å². The van der Waals surface area contributed by atoms with E-state index in [9.17, 15) is 0 Å². The average molecular weight is 217 g/mol. The van der Waals surface area contributed by atoms with Gasteiger partial charge in [-0.3, -0.25) is 4.90 Å². The second-order valence-electron chi connectivity index (χ2n) is 5.12. The lowest BCUT2D eigenvalue weighted by molar-refractivity contribution is 0.205. The summed E-state index contributed by atoms with van der Waals surface area (Å²) in [5, 5.41) is 0. The molecule has 0 aliphatic carbocycles. The van der Waals surface area contributed by atoms with Crippen LogP contribution in [0.5, 0.6) is 0 Å². The molecule has 1 aromatic carbocycles. The van der Waals surface area contributed by atoms with Crippen LogP contribution in [0.25, 0.3) is 0 Å². The number of rotatable bonds is 3. The molecule has 1 saturated heterocycles. The largest absolute Gasteiger partial charge is 0.294 e. The Labute approximate surface area is 99.5 Å². The molecule has 1 aliphatic rings. The monoisotopic (exact) mass is 217 g/mol. The van der Waals surface area contributed by atoms with Crippen LogP contribution >= 0.6 is 0 Å². The Balaban J connectivity index is 2.02. The minimum atomic E-state index is 0.751. The molecule has 0 amide bonds. The molecular weight excluding hydrogens is 194 g/mol. The molecule has 0 N–H and O–H groups in total. The maximum Gasteiger partial charge on any atom is 0.0239 e. The van der Waals surface area contributed by atoms with Gasteiger partial charge < -0.3 is 0 Å². The lowest BCUT2D eigenvalue weighted by Crippen LogP contribution is -2.31. The van der Waals surface area contributed by atoms with E-state index >= 15 is 0 Å². The van der Waals surface area contributed by atoms with E-state index in [1.165, 1.54) is 24.0 Å². The summed E-state index contributed by atoms with van der Waals surface area (Å²) < 4.78 is 0. The zero-order valence-corrected chi connectivity index (χ0v) is 10.7. The third kappa shape index (κ3) is 2.46. The SMILES string of the molecule is CCc1ccc(CN2[C@H](C)CC[C@H]2C)cc1. The van der Waals surface area contributed by atoms with E-state index in [0.29, 0.717) is 0 Å². The molecule has 16 heavy (non-hydrogen) atoms. The molecule has 1 fully saturated rings. The molecule has 0 radical (unpaired) electrons. The van der Waals surface area contributed by atoms with Gasteiger partial charge in [0, 0.05) is 18.6 Å². The lowest BCUT2D eigenvalue weighted by Gasteiger charge is -2.26. The van der Waals surface area contributed by atoms with Crippen molar-refractivity contribution in [1.29, 1.82) is 0 Å². The molecule has 0 aromatic heterocycles. The van der Waals surface area contributed by atoms with Gasteiger partial charge in [0.1, 0.15) is 0 Å². The average Bonchev–Trinajstić information content (AvgIpc) is 2.62. The minimum Gasteiger partial charge on any atom is -0.294 e. The number of benzene rings is 1. The molecule has 0 saturated carbocycles. The summed E-state index contributed by atoms with van der Waals surface area (Å²) in [4.78, 5) is 2.63. The quantitative estimate of drug-likeness (QED) is 0.747. The highest BCUT2D eigenvalue weighted by Crippen LogP contribution is 2.25. The standard InChI is InChI=1S/C15H23N/c1-4-14-7-9-15(10-8-14)11-16-12(2)5-6-13(16)3/h7-10,12-13H,4-6,11H2,1-3H3/t12-,13-/m1/s1. The van der Waals surface area contributed by atoms with E-state index in [0.717, 1.165) is 25.0 Å². The van der Waals surface area contributed by atoms with Crippen LogP contribution in [0.4, 0.5) is 0 Å². The molecule has 1 heteroatoms. The van der Waals surface area contributed by atoms with Gasteiger partial charge in [0.25, 0.3) is 0 Å². The Morgan fingerprint density at radius 2 is 1.50 bits per heavy atom. The fourth-order valence-corrected chi connectivity index (χ4v) is 2.65. The normalized spacial score (nSPS) is 26.2. The Hall–Kier alpha value is -0.820. The predicted octanol–water partition coefficient (Wildman–Crippen LogP) is 3.62. The first-order chi connectivity index (χ1) is 7.70. The topological polar surface area (TPSA) is 3.24 Å². The summed E-state index contributed by atoms with van der Waals surface area (Å²) in [6.07, 6.45) is 3.85. The van der Waals surface area contributed by atoms with Gasteiger partial charge in [-0.1, -0.05) is 31.2 Å². The van der Waals surface area contributed by atoms with Crippen LogP contribution in [0.2, 0.25) is 0 Å². The molecule has 88 valence electrons. The van der Waals surface area contributed by atoms with Gasteiger partial charge in [-0.05, 0) is 44.2 Å². The van der Waals surface area contributed by atoms with Crippen molar-refractivity contribution < 1.29 is 0 Å². The highest BCUT2D eigenvalue weighted by atomic mass is 15.2. The van der Waals surface area contributed by atoms with Crippen LogP contribution in [0, 0.1) is 0 Å². The Bertz CT molecular complexity index is 318. The minimum absolute atomic E-state index is 0.751. The van der Waals surface area contributed by atoms with Crippen molar-refractivity contribution in [3.8, 4) is 0 Å². The maximum atomic E-state index is 2.63. The third-order valence-electron chi connectivity index (χ3n) is 3.93. The van der Waals surface area contributed by atoms with Crippen LogP contribution < -0.4 is 0 Å². The number of aryl methyl sites for hydroxylation is 1. The van der Waals surface area contributed by atoms with Crippen molar-refractivity contribution in [3.05, 3.63) is 35.4 Å². The van der Waals surface area contributed by atoms with Crippen molar-refractivity contribution >= 4 is 0 Å². The maximum absolute atomic E-state index is 2.63. The van der Waals surface area contributed by atoms with E-state index < -0.39 is 0 Å².